The maximum atomic E-state index is 12.7. The van der Waals surface area contributed by atoms with Crippen molar-refractivity contribution >= 4 is 17.7 Å². The molecule has 0 bridgehead atoms. The van der Waals surface area contributed by atoms with Crippen LogP contribution in [0.1, 0.15) is 25.0 Å². The van der Waals surface area contributed by atoms with Crippen molar-refractivity contribution in [2.75, 3.05) is 5.75 Å². The molecule has 0 saturated carbocycles. The van der Waals surface area contributed by atoms with E-state index in [-0.39, 0.29) is 17.7 Å². The molecule has 2 aromatic carbocycles. The van der Waals surface area contributed by atoms with Crippen molar-refractivity contribution in [2.24, 2.45) is 0 Å². The largest absolute Gasteiger partial charge is 0.411 e. The van der Waals surface area contributed by atoms with E-state index < -0.39 is 0 Å². The molecule has 5 nitrogen and oxygen atoms in total. The molecule has 1 amide bonds. The number of rotatable bonds is 7. The lowest BCUT2D eigenvalue weighted by atomic mass is 10.1. The maximum absolute atomic E-state index is 12.7. The van der Waals surface area contributed by atoms with Gasteiger partial charge in [0.2, 0.25) is 11.8 Å². The number of aromatic nitrogens is 2. The van der Waals surface area contributed by atoms with Gasteiger partial charge in [-0.05, 0) is 38.5 Å². The summed E-state index contributed by atoms with van der Waals surface area (Å²) in [5, 5.41) is 8.53. The molecule has 0 spiro atoms. The van der Waals surface area contributed by atoms with Crippen LogP contribution in [0.25, 0.3) is 11.5 Å². The minimum Gasteiger partial charge on any atom is -0.411 e. The van der Waals surface area contributed by atoms with E-state index in [1.54, 1.807) is 0 Å². The Bertz CT molecular complexity index is 876. The van der Waals surface area contributed by atoms with Crippen molar-refractivity contribution in [3.05, 3.63) is 65.7 Å². The quantitative estimate of drug-likeness (QED) is 0.561. The first-order chi connectivity index (χ1) is 13.0. The SMILES string of the molecule is Cc1ccc(-c2nnc(SCC(=O)N(Cc3ccccc3)C(C)C)o2)cc1. The monoisotopic (exact) mass is 381 g/mol. The molecular weight excluding hydrogens is 358 g/mol. The third-order valence-electron chi connectivity index (χ3n) is 4.16. The Morgan fingerprint density at radius 3 is 2.44 bits per heavy atom. The van der Waals surface area contributed by atoms with Crippen LogP contribution in [0.15, 0.2) is 64.2 Å². The van der Waals surface area contributed by atoms with E-state index in [0.717, 1.165) is 11.1 Å². The van der Waals surface area contributed by atoms with Crippen LogP contribution in [0.5, 0.6) is 0 Å². The summed E-state index contributed by atoms with van der Waals surface area (Å²) in [5.74, 6) is 0.782. The van der Waals surface area contributed by atoms with Crippen LogP contribution in [0.2, 0.25) is 0 Å². The van der Waals surface area contributed by atoms with Gasteiger partial charge in [0.1, 0.15) is 0 Å². The fourth-order valence-corrected chi connectivity index (χ4v) is 3.28. The van der Waals surface area contributed by atoms with E-state index >= 15 is 0 Å². The highest BCUT2D eigenvalue weighted by Gasteiger charge is 2.19. The summed E-state index contributed by atoms with van der Waals surface area (Å²) in [4.78, 5) is 14.6. The number of benzene rings is 2. The number of hydrogen-bond acceptors (Lipinski definition) is 5. The van der Waals surface area contributed by atoms with Crippen molar-refractivity contribution in [2.45, 2.75) is 38.6 Å². The van der Waals surface area contributed by atoms with E-state index in [9.17, 15) is 4.79 Å². The van der Waals surface area contributed by atoms with Gasteiger partial charge in [-0.2, -0.15) is 0 Å². The minimum atomic E-state index is 0.0499. The second-order valence-electron chi connectivity index (χ2n) is 6.63. The van der Waals surface area contributed by atoms with Crippen LogP contribution >= 0.6 is 11.8 Å². The molecule has 1 aromatic heterocycles. The normalized spacial score (nSPS) is 11.0. The van der Waals surface area contributed by atoms with Gasteiger partial charge in [-0.1, -0.05) is 59.8 Å². The summed E-state index contributed by atoms with van der Waals surface area (Å²) in [6, 6.07) is 18.0. The lowest BCUT2D eigenvalue weighted by Gasteiger charge is -2.26. The van der Waals surface area contributed by atoms with Crippen LogP contribution in [-0.4, -0.2) is 32.8 Å². The number of aryl methyl sites for hydroxylation is 1. The van der Waals surface area contributed by atoms with Crippen LogP contribution in [0.3, 0.4) is 0 Å². The first-order valence-electron chi connectivity index (χ1n) is 8.89. The highest BCUT2D eigenvalue weighted by atomic mass is 32.2. The van der Waals surface area contributed by atoms with E-state index in [2.05, 4.69) is 10.2 Å². The zero-order valence-electron chi connectivity index (χ0n) is 15.8. The highest BCUT2D eigenvalue weighted by Crippen LogP contribution is 2.24. The number of nitrogens with zero attached hydrogens (tertiary/aromatic N) is 3. The molecule has 3 rings (SSSR count). The number of hydrogen-bond donors (Lipinski definition) is 0. The van der Waals surface area contributed by atoms with Crippen molar-refractivity contribution in [1.29, 1.82) is 0 Å². The van der Waals surface area contributed by atoms with Gasteiger partial charge in [0.15, 0.2) is 0 Å². The van der Waals surface area contributed by atoms with E-state index in [1.165, 1.54) is 17.3 Å². The lowest BCUT2D eigenvalue weighted by Crippen LogP contribution is -2.37. The molecule has 0 aliphatic carbocycles. The maximum Gasteiger partial charge on any atom is 0.277 e. The summed E-state index contributed by atoms with van der Waals surface area (Å²) >= 11 is 1.27. The Balaban J connectivity index is 1.61. The van der Waals surface area contributed by atoms with Gasteiger partial charge in [0.25, 0.3) is 5.22 Å². The molecular formula is C21H23N3O2S. The lowest BCUT2D eigenvalue weighted by molar-refractivity contribution is -0.130. The predicted molar refractivity (Wildman–Crippen MR) is 107 cm³/mol. The predicted octanol–water partition coefficient (Wildman–Crippen LogP) is 4.57. The minimum absolute atomic E-state index is 0.0499. The molecule has 27 heavy (non-hydrogen) atoms. The van der Waals surface area contributed by atoms with Crippen LogP contribution in [-0.2, 0) is 11.3 Å². The molecule has 0 atom stereocenters. The Morgan fingerprint density at radius 2 is 1.78 bits per heavy atom. The molecule has 6 heteroatoms. The van der Waals surface area contributed by atoms with Crippen LogP contribution in [0.4, 0.5) is 0 Å². The summed E-state index contributed by atoms with van der Waals surface area (Å²) in [6.45, 7) is 6.66. The van der Waals surface area contributed by atoms with Gasteiger partial charge in [0, 0.05) is 18.2 Å². The molecule has 0 aliphatic rings. The first-order valence-corrected chi connectivity index (χ1v) is 9.88. The van der Waals surface area contributed by atoms with E-state index in [0.29, 0.717) is 17.7 Å². The number of carbonyl (C=O) groups is 1. The van der Waals surface area contributed by atoms with Gasteiger partial charge in [-0.25, -0.2) is 0 Å². The second-order valence-corrected chi connectivity index (χ2v) is 7.56. The van der Waals surface area contributed by atoms with Gasteiger partial charge < -0.3 is 9.32 Å². The number of thioether (sulfide) groups is 1. The van der Waals surface area contributed by atoms with Gasteiger partial charge in [-0.15, -0.1) is 10.2 Å². The topological polar surface area (TPSA) is 59.2 Å². The summed E-state index contributed by atoms with van der Waals surface area (Å²) in [7, 11) is 0. The van der Waals surface area contributed by atoms with Gasteiger partial charge in [0.05, 0.1) is 5.75 Å². The third kappa shape index (κ3) is 5.20. The Hall–Kier alpha value is -2.60. The number of carbonyl (C=O) groups excluding carboxylic acids is 1. The second kappa shape index (κ2) is 8.86. The smallest absolute Gasteiger partial charge is 0.277 e. The van der Waals surface area contributed by atoms with Gasteiger partial charge in [-0.3, -0.25) is 4.79 Å². The van der Waals surface area contributed by atoms with Crippen molar-refractivity contribution < 1.29 is 9.21 Å². The zero-order valence-corrected chi connectivity index (χ0v) is 16.6. The Kier molecular flexibility index (Phi) is 6.29. The van der Waals surface area contributed by atoms with Crippen molar-refractivity contribution in [3.8, 4) is 11.5 Å². The Morgan fingerprint density at radius 1 is 1.07 bits per heavy atom. The molecule has 0 aliphatic heterocycles. The Labute approximate surface area is 163 Å². The number of amides is 1. The molecule has 1 heterocycles. The van der Waals surface area contributed by atoms with Crippen LogP contribution < -0.4 is 0 Å². The molecule has 0 N–H and O–H groups in total. The average Bonchev–Trinajstić information content (AvgIpc) is 3.14. The third-order valence-corrected chi connectivity index (χ3v) is 4.97. The molecule has 0 saturated heterocycles. The van der Waals surface area contributed by atoms with Crippen molar-refractivity contribution in [3.63, 3.8) is 0 Å². The van der Waals surface area contributed by atoms with Crippen LogP contribution in [0, 0.1) is 6.92 Å². The van der Waals surface area contributed by atoms with Gasteiger partial charge >= 0.3 is 0 Å². The first kappa shape index (κ1) is 19.2. The van der Waals surface area contributed by atoms with E-state index in [4.69, 9.17) is 4.42 Å². The van der Waals surface area contributed by atoms with Crippen molar-refractivity contribution in [1.82, 2.24) is 15.1 Å². The molecule has 140 valence electrons. The fourth-order valence-electron chi connectivity index (χ4n) is 2.63. The molecule has 0 radical (unpaired) electrons. The molecule has 3 aromatic rings. The highest BCUT2D eigenvalue weighted by molar-refractivity contribution is 7.99. The molecule has 0 fully saturated rings. The summed E-state index contributed by atoms with van der Waals surface area (Å²) < 4.78 is 5.69. The average molecular weight is 382 g/mol. The molecule has 0 unspecified atom stereocenters. The standard InChI is InChI=1S/C21H23N3O2S/c1-15(2)24(13-17-7-5-4-6-8-17)19(25)14-27-21-23-22-20(26-21)18-11-9-16(3)10-12-18/h4-12,15H,13-14H2,1-3H3. The zero-order chi connectivity index (χ0) is 19.2. The summed E-state index contributed by atoms with van der Waals surface area (Å²) in [5.41, 5.74) is 3.16. The fraction of sp³-hybridized carbons (Fsp3) is 0.286. The van der Waals surface area contributed by atoms with E-state index in [1.807, 2.05) is 80.3 Å². The summed E-state index contributed by atoms with van der Waals surface area (Å²) in [6.07, 6.45) is 0.